The Labute approximate surface area is 176 Å². The summed E-state index contributed by atoms with van der Waals surface area (Å²) in [6.45, 7) is 1.73. The minimum atomic E-state index is -0.536. The molecular formula is C20H22N6O5. The molecule has 1 aliphatic rings. The summed E-state index contributed by atoms with van der Waals surface area (Å²) in [6, 6.07) is 6.77. The molecule has 0 aliphatic carbocycles. The van der Waals surface area contributed by atoms with Gasteiger partial charge in [-0.25, -0.2) is 9.78 Å². The molecule has 0 atom stereocenters. The van der Waals surface area contributed by atoms with Crippen molar-refractivity contribution in [1.29, 1.82) is 0 Å². The normalized spacial score (nSPS) is 14.1. The van der Waals surface area contributed by atoms with E-state index >= 15 is 0 Å². The number of hydrogen-bond acceptors (Lipinski definition) is 6. The predicted octanol–water partition coefficient (Wildman–Crippen LogP) is -0.455. The summed E-state index contributed by atoms with van der Waals surface area (Å²) in [6.07, 6.45) is 1.34. The van der Waals surface area contributed by atoms with E-state index in [1.165, 1.54) is 29.6 Å². The van der Waals surface area contributed by atoms with Crippen LogP contribution in [0.1, 0.15) is 10.4 Å². The summed E-state index contributed by atoms with van der Waals surface area (Å²) < 4.78 is 8.89. The second-order valence-electron chi connectivity index (χ2n) is 7.25. The van der Waals surface area contributed by atoms with Crippen molar-refractivity contribution >= 4 is 28.7 Å². The van der Waals surface area contributed by atoms with E-state index in [1.807, 2.05) is 0 Å². The van der Waals surface area contributed by atoms with E-state index in [0.29, 0.717) is 37.6 Å². The van der Waals surface area contributed by atoms with Crippen LogP contribution in [-0.2, 0) is 30.2 Å². The third-order valence-corrected chi connectivity index (χ3v) is 5.26. The minimum Gasteiger partial charge on any atom is -0.378 e. The Bertz CT molecular complexity index is 1280. The number of anilines is 1. The van der Waals surface area contributed by atoms with Crippen LogP contribution in [0.2, 0.25) is 0 Å². The first-order valence-corrected chi connectivity index (χ1v) is 9.75. The summed E-state index contributed by atoms with van der Waals surface area (Å²) in [5.41, 5.74) is 0.0792. The second kappa shape index (κ2) is 8.19. The standard InChI is InChI=1S/C20H22N6O5/c1-23-17-16(19(29)24(2)20(23)30)26(12-21-17)11-15(27)22-14-6-4-3-5-13(14)18(28)25-7-9-31-10-8-25/h3-6,12H,7-11H2,1-2H3,(H,22,27). The molecule has 31 heavy (non-hydrogen) atoms. The van der Waals surface area contributed by atoms with Gasteiger partial charge in [0.05, 0.1) is 30.8 Å². The molecular weight excluding hydrogens is 404 g/mol. The predicted molar refractivity (Wildman–Crippen MR) is 112 cm³/mol. The van der Waals surface area contributed by atoms with Crippen molar-refractivity contribution in [2.24, 2.45) is 14.1 Å². The number of aryl methyl sites for hydroxylation is 1. The van der Waals surface area contributed by atoms with Crippen molar-refractivity contribution in [3.8, 4) is 0 Å². The molecule has 1 N–H and O–H groups in total. The monoisotopic (exact) mass is 426 g/mol. The number of imidazole rings is 1. The van der Waals surface area contributed by atoms with Crippen LogP contribution in [-0.4, -0.2) is 61.7 Å². The number of rotatable bonds is 4. The van der Waals surface area contributed by atoms with E-state index in [0.717, 1.165) is 4.57 Å². The highest BCUT2D eigenvalue weighted by Crippen LogP contribution is 2.18. The number of amides is 2. The lowest BCUT2D eigenvalue weighted by molar-refractivity contribution is -0.116. The third-order valence-electron chi connectivity index (χ3n) is 5.26. The van der Waals surface area contributed by atoms with Gasteiger partial charge in [0.15, 0.2) is 11.2 Å². The fourth-order valence-electron chi connectivity index (χ4n) is 3.58. The highest BCUT2D eigenvalue weighted by atomic mass is 16.5. The maximum Gasteiger partial charge on any atom is 0.332 e. The maximum absolute atomic E-state index is 12.9. The highest BCUT2D eigenvalue weighted by Gasteiger charge is 2.22. The number of ether oxygens (including phenoxy) is 1. The molecule has 2 amide bonds. The molecule has 0 saturated carbocycles. The van der Waals surface area contributed by atoms with Crippen LogP contribution < -0.4 is 16.6 Å². The van der Waals surface area contributed by atoms with Gasteiger partial charge in [0.25, 0.3) is 11.5 Å². The number of hydrogen-bond donors (Lipinski definition) is 1. The third kappa shape index (κ3) is 3.75. The lowest BCUT2D eigenvalue weighted by Gasteiger charge is -2.27. The van der Waals surface area contributed by atoms with Crippen LogP contribution in [0.15, 0.2) is 40.2 Å². The molecule has 2 aromatic heterocycles. The van der Waals surface area contributed by atoms with Gasteiger partial charge in [-0.1, -0.05) is 12.1 Å². The average molecular weight is 426 g/mol. The van der Waals surface area contributed by atoms with Crippen LogP contribution in [0.4, 0.5) is 5.69 Å². The number of nitrogens with zero attached hydrogens (tertiary/aromatic N) is 5. The summed E-state index contributed by atoms with van der Waals surface area (Å²) in [5, 5.41) is 2.75. The number of aromatic nitrogens is 4. The second-order valence-corrected chi connectivity index (χ2v) is 7.25. The fraction of sp³-hybridized carbons (Fsp3) is 0.350. The number of fused-ring (bicyclic) bond motifs is 1. The van der Waals surface area contributed by atoms with Crippen LogP contribution in [0, 0.1) is 0 Å². The van der Waals surface area contributed by atoms with Gasteiger partial charge in [-0.15, -0.1) is 0 Å². The molecule has 1 aromatic carbocycles. The Morgan fingerprint density at radius 2 is 1.81 bits per heavy atom. The highest BCUT2D eigenvalue weighted by molar-refractivity contribution is 6.03. The van der Waals surface area contributed by atoms with Crippen LogP contribution in [0.5, 0.6) is 0 Å². The van der Waals surface area contributed by atoms with Crippen LogP contribution in [0.3, 0.4) is 0 Å². The van der Waals surface area contributed by atoms with Gasteiger partial charge in [-0.05, 0) is 12.1 Å². The van der Waals surface area contributed by atoms with Crippen LogP contribution in [0.25, 0.3) is 11.2 Å². The largest absolute Gasteiger partial charge is 0.378 e. The number of morpholine rings is 1. The van der Waals surface area contributed by atoms with E-state index in [1.54, 1.807) is 29.2 Å². The zero-order valence-electron chi connectivity index (χ0n) is 17.2. The maximum atomic E-state index is 12.9. The van der Waals surface area contributed by atoms with Crippen molar-refractivity contribution in [3.05, 3.63) is 57.0 Å². The molecule has 1 saturated heterocycles. The fourth-order valence-corrected chi connectivity index (χ4v) is 3.58. The Hall–Kier alpha value is -3.73. The molecule has 1 aliphatic heterocycles. The molecule has 0 bridgehead atoms. The van der Waals surface area contributed by atoms with Crippen molar-refractivity contribution in [3.63, 3.8) is 0 Å². The Morgan fingerprint density at radius 1 is 1.10 bits per heavy atom. The Morgan fingerprint density at radius 3 is 2.55 bits per heavy atom. The van der Waals surface area contributed by atoms with Crippen molar-refractivity contribution in [1.82, 2.24) is 23.6 Å². The molecule has 0 radical (unpaired) electrons. The van der Waals surface area contributed by atoms with Gasteiger partial charge < -0.3 is 19.5 Å². The quantitative estimate of drug-likeness (QED) is 0.603. The lowest BCUT2D eigenvalue weighted by atomic mass is 10.1. The van der Waals surface area contributed by atoms with E-state index < -0.39 is 17.2 Å². The molecule has 0 spiro atoms. The van der Waals surface area contributed by atoms with Gasteiger partial charge in [0, 0.05) is 27.2 Å². The first-order valence-electron chi connectivity index (χ1n) is 9.75. The van der Waals surface area contributed by atoms with Gasteiger partial charge >= 0.3 is 5.69 Å². The van der Waals surface area contributed by atoms with Crippen molar-refractivity contribution in [2.75, 3.05) is 31.6 Å². The lowest BCUT2D eigenvalue weighted by Crippen LogP contribution is -2.41. The van der Waals surface area contributed by atoms with Crippen molar-refractivity contribution < 1.29 is 14.3 Å². The van der Waals surface area contributed by atoms with Gasteiger partial charge in [-0.2, -0.15) is 0 Å². The number of carbonyl (C=O) groups excluding carboxylic acids is 2. The molecule has 3 aromatic rings. The molecule has 11 nitrogen and oxygen atoms in total. The summed E-state index contributed by atoms with van der Waals surface area (Å²) >= 11 is 0. The molecule has 1 fully saturated rings. The first kappa shape index (κ1) is 20.5. The Balaban J connectivity index is 1.59. The summed E-state index contributed by atoms with van der Waals surface area (Å²) in [5.74, 6) is -0.617. The molecule has 3 heterocycles. The van der Waals surface area contributed by atoms with Gasteiger partial charge in [-0.3, -0.25) is 23.5 Å². The van der Waals surface area contributed by atoms with Crippen LogP contribution >= 0.6 is 0 Å². The van der Waals surface area contributed by atoms with Gasteiger partial charge in [0.1, 0.15) is 6.54 Å². The first-order chi connectivity index (χ1) is 14.9. The van der Waals surface area contributed by atoms with Gasteiger partial charge in [0.2, 0.25) is 5.91 Å². The molecule has 162 valence electrons. The number of nitrogens with one attached hydrogen (secondary N) is 1. The number of para-hydroxylation sites is 1. The summed E-state index contributed by atoms with van der Waals surface area (Å²) in [4.78, 5) is 56.0. The Kier molecular flexibility index (Phi) is 5.42. The number of carbonyl (C=O) groups is 2. The zero-order valence-corrected chi connectivity index (χ0v) is 17.2. The molecule has 4 rings (SSSR count). The average Bonchev–Trinajstić information content (AvgIpc) is 3.20. The minimum absolute atomic E-state index is 0.150. The molecule has 11 heteroatoms. The smallest absolute Gasteiger partial charge is 0.332 e. The topological polar surface area (TPSA) is 120 Å². The number of benzene rings is 1. The van der Waals surface area contributed by atoms with Crippen molar-refractivity contribution in [2.45, 2.75) is 6.54 Å². The van der Waals surface area contributed by atoms with E-state index in [-0.39, 0.29) is 23.6 Å². The SMILES string of the molecule is Cn1c(=O)c2c(ncn2CC(=O)Nc2ccccc2C(=O)N2CCOCC2)n(C)c1=O. The van der Waals surface area contributed by atoms with E-state index in [9.17, 15) is 19.2 Å². The molecule has 0 unspecified atom stereocenters. The van der Waals surface area contributed by atoms with E-state index in [2.05, 4.69) is 10.3 Å². The summed E-state index contributed by atoms with van der Waals surface area (Å²) in [7, 11) is 2.88. The zero-order chi connectivity index (χ0) is 22.1. The van der Waals surface area contributed by atoms with E-state index in [4.69, 9.17) is 4.74 Å².